The lowest BCUT2D eigenvalue weighted by Gasteiger charge is -2.32. The number of carbonyl (C=O) groups excluding carboxylic acids is 1. The van der Waals surface area contributed by atoms with Gasteiger partial charge in [-0.1, -0.05) is 19.3 Å². The van der Waals surface area contributed by atoms with Gasteiger partial charge in [0.2, 0.25) is 5.91 Å². The van der Waals surface area contributed by atoms with Crippen LogP contribution in [-0.4, -0.2) is 61.0 Å². The Morgan fingerprint density at radius 2 is 1.95 bits per heavy atom. The van der Waals surface area contributed by atoms with Gasteiger partial charge >= 0.3 is 0 Å². The van der Waals surface area contributed by atoms with E-state index in [1.807, 2.05) is 11.9 Å². The molecule has 0 radical (unpaired) electrons. The monoisotopic (exact) mass is 279 g/mol. The molecule has 4 heteroatoms. The van der Waals surface area contributed by atoms with E-state index in [9.17, 15) is 4.79 Å². The minimum Gasteiger partial charge on any atom is -0.342 e. The number of likely N-dealkylation sites (N-methyl/N-ethyl adjacent to an activating group) is 1. The van der Waals surface area contributed by atoms with E-state index in [4.69, 9.17) is 0 Å². The van der Waals surface area contributed by atoms with Crippen LogP contribution in [0.25, 0.3) is 0 Å². The average molecular weight is 279 g/mol. The smallest absolute Gasteiger partial charge is 0.236 e. The minimum atomic E-state index is 0.329. The van der Waals surface area contributed by atoms with Crippen molar-refractivity contribution in [3.8, 4) is 0 Å². The number of hydrogen-bond donors (Lipinski definition) is 1. The van der Waals surface area contributed by atoms with Crippen LogP contribution in [0.1, 0.15) is 44.9 Å². The Morgan fingerprint density at radius 3 is 2.70 bits per heavy atom. The summed E-state index contributed by atoms with van der Waals surface area (Å²) in [7, 11) is 2.01. The number of nitrogens with one attached hydrogen (secondary N) is 1. The molecule has 114 valence electrons. The van der Waals surface area contributed by atoms with E-state index in [0.29, 0.717) is 24.5 Å². The van der Waals surface area contributed by atoms with E-state index < -0.39 is 0 Å². The van der Waals surface area contributed by atoms with Gasteiger partial charge in [0.15, 0.2) is 0 Å². The zero-order chi connectivity index (χ0) is 13.9. The van der Waals surface area contributed by atoms with Gasteiger partial charge in [-0.3, -0.25) is 9.69 Å². The average Bonchev–Trinajstić information content (AvgIpc) is 2.89. The van der Waals surface area contributed by atoms with Gasteiger partial charge in [-0.25, -0.2) is 0 Å². The molecule has 1 saturated carbocycles. The highest BCUT2D eigenvalue weighted by Gasteiger charge is 2.35. The Bertz CT molecular complexity index is 327. The molecule has 2 atom stereocenters. The van der Waals surface area contributed by atoms with Crippen molar-refractivity contribution in [3.05, 3.63) is 0 Å². The van der Waals surface area contributed by atoms with E-state index in [0.717, 1.165) is 25.6 Å². The van der Waals surface area contributed by atoms with Crippen LogP contribution in [0.5, 0.6) is 0 Å². The molecule has 2 saturated heterocycles. The van der Waals surface area contributed by atoms with E-state index in [1.54, 1.807) is 0 Å². The van der Waals surface area contributed by atoms with Crippen LogP contribution in [0.4, 0.5) is 0 Å². The fourth-order valence-electron chi connectivity index (χ4n) is 4.24. The van der Waals surface area contributed by atoms with Gasteiger partial charge in [0.05, 0.1) is 6.54 Å². The molecule has 20 heavy (non-hydrogen) atoms. The lowest BCUT2D eigenvalue weighted by Crippen LogP contribution is -2.44. The Labute approximate surface area is 122 Å². The summed E-state index contributed by atoms with van der Waals surface area (Å²) in [6.45, 7) is 3.96. The summed E-state index contributed by atoms with van der Waals surface area (Å²) in [5, 5.41) is 3.61. The number of carbonyl (C=O) groups is 1. The second-order valence-corrected chi connectivity index (χ2v) is 6.95. The van der Waals surface area contributed by atoms with E-state index >= 15 is 0 Å². The summed E-state index contributed by atoms with van der Waals surface area (Å²) in [6, 6.07) is 1.13. The molecule has 3 rings (SSSR count). The number of amides is 1. The predicted molar refractivity (Wildman–Crippen MR) is 80.6 cm³/mol. The highest BCUT2D eigenvalue weighted by Crippen LogP contribution is 2.25. The Balaban J connectivity index is 1.48. The molecule has 2 heterocycles. The number of fused-ring (bicyclic) bond motifs is 1. The third-order valence-electron chi connectivity index (χ3n) is 5.55. The fourth-order valence-corrected chi connectivity index (χ4v) is 4.24. The van der Waals surface area contributed by atoms with Crippen molar-refractivity contribution in [2.75, 3.05) is 33.2 Å². The lowest BCUT2D eigenvalue weighted by atomic mass is 9.94. The van der Waals surface area contributed by atoms with Gasteiger partial charge < -0.3 is 10.2 Å². The molecular formula is C16H29N3O. The Morgan fingerprint density at radius 1 is 1.15 bits per heavy atom. The summed E-state index contributed by atoms with van der Waals surface area (Å²) in [5.41, 5.74) is 0. The third-order valence-corrected chi connectivity index (χ3v) is 5.55. The molecule has 0 aromatic heterocycles. The van der Waals surface area contributed by atoms with Gasteiger partial charge in [0.25, 0.3) is 0 Å². The molecule has 4 nitrogen and oxygen atoms in total. The molecule has 1 amide bonds. The molecule has 0 aromatic rings. The third kappa shape index (κ3) is 3.17. The van der Waals surface area contributed by atoms with Crippen LogP contribution in [-0.2, 0) is 4.79 Å². The Kier molecular flexibility index (Phi) is 4.61. The van der Waals surface area contributed by atoms with E-state index in [-0.39, 0.29) is 0 Å². The largest absolute Gasteiger partial charge is 0.342 e. The number of hydrogen-bond acceptors (Lipinski definition) is 3. The summed E-state index contributed by atoms with van der Waals surface area (Å²) >= 11 is 0. The highest BCUT2D eigenvalue weighted by atomic mass is 16.2. The maximum Gasteiger partial charge on any atom is 0.236 e. The molecular weight excluding hydrogens is 250 g/mol. The number of likely N-dealkylation sites (tertiary alicyclic amines) is 1. The van der Waals surface area contributed by atoms with Crippen molar-refractivity contribution < 1.29 is 4.79 Å². The van der Waals surface area contributed by atoms with E-state index in [2.05, 4.69) is 10.2 Å². The molecule has 0 aromatic carbocycles. The van der Waals surface area contributed by atoms with Crippen molar-refractivity contribution >= 4 is 5.91 Å². The van der Waals surface area contributed by atoms with Crippen LogP contribution >= 0.6 is 0 Å². The normalized spacial score (nSPS) is 32.0. The fraction of sp³-hybridized carbons (Fsp3) is 0.938. The second-order valence-electron chi connectivity index (χ2n) is 6.95. The lowest BCUT2D eigenvalue weighted by molar-refractivity contribution is -0.133. The summed E-state index contributed by atoms with van der Waals surface area (Å²) < 4.78 is 0. The van der Waals surface area contributed by atoms with Gasteiger partial charge in [-0.15, -0.1) is 0 Å². The predicted octanol–water partition coefficient (Wildman–Crippen LogP) is 1.46. The molecule has 3 fully saturated rings. The Hall–Kier alpha value is -0.610. The van der Waals surface area contributed by atoms with Crippen LogP contribution in [0.2, 0.25) is 0 Å². The van der Waals surface area contributed by atoms with E-state index in [1.165, 1.54) is 44.9 Å². The van der Waals surface area contributed by atoms with Gasteiger partial charge in [-0.05, 0) is 38.1 Å². The first-order valence-corrected chi connectivity index (χ1v) is 8.45. The first-order chi connectivity index (χ1) is 9.74. The SMILES string of the molecule is CN(C(=O)CN1CC2CCCNC2C1)C1CCCCC1. The summed E-state index contributed by atoms with van der Waals surface area (Å²) in [4.78, 5) is 16.9. The number of piperidine rings is 1. The topological polar surface area (TPSA) is 35.6 Å². The van der Waals surface area contributed by atoms with Crippen LogP contribution in [0.15, 0.2) is 0 Å². The van der Waals surface area contributed by atoms with Gasteiger partial charge in [-0.2, -0.15) is 0 Å². The molecule has 1 N–H and O–H groups in total. The highest BCUT2D eigenvalue weighted by molar-refractivity contribution is 5.78. The minimum absolute atomic E-state index is 0.329. The zero-order valence-corrected chi connectivity index (χ0v) is 12.8. The van der Waals surface area contributed by atoms with Gasteiger partial charge in [0.1, 0.15) is 0 Å². The quantitative estimate of drug-likeness (QED) is 0.849. The second kappa shape index (κ2) is 6.44. The molecule has 1 aliphatic carbocycles. The molecule has 2 unspecified atom stereocenters. The zero-order valence-electron chi connectivity index (χ0n) is 12.8. The van der Waals surface area contributed by atoms with Gasteiger partial charge in [0, 0.05) is 32.2 Å². The van der Waals surface area contributed by atoms with Crippen molar-refractivity contribution in [2.24, 2.45) is 5.92 Å². The standard InChI is InChI=1S/C16H29N3O/c1-18(14-7-3-2-4-8-14)16(20)12-19-10-13-6-5-9-17-15(13)11-19/h13-15,17H,2-12H2,1H3. The van der Waals surface area contributed by atoms with Crippen molar-refractivity contribution in [1.82, 2.24) is 15.1 Å². The van der Waals surface area contributed by atoms with Crippen LogP contribution < -0.4 is 5.32 Å². The van der Waals surface area contributed by atoms with Crippen LogP contribution in [0, 0.1) is 5.92 Å². The number of rotatable bonds is 3. The van der Waals surface area contributed by atoms with Crippen molar-refractivity contribution in [2.45, 2.75) is 57.0 Å². The maximum atomic E-state index is 12.5. The van der Waals surface area contributed by atoms with Crippen molar-refractivity contribution in [3.63, 3.8) is 0 Å². The molecule has 0 bridgehead atoms. The van der Waals surface area contributed by atoms with Crippen molar-refractivity contribution in [1.29, 1.82) is 0 Å². The molecule has 2 aliphatic heterocycles. The molecule has 0 spiro atoms. The first-order valence-electron chi connectivity index (χ1n) is 8.45. The molecule has 3 aliphatic rings. The first kappa shape index (κ1) is 14.3. The maximum absolute atomic E-state index is 12.5. The number of nitrogens with zero attached hydrogens (tertiary/aromatic N) is 2. The van der Waals surface area contributed by atoms with Crippen LogP contribution in [0.3, 0.4) is 0 Å². The summed E-state index contributed by atoms with van der Waals surface area (Å²) in [5.74, 6) is 1.10. The summed E-state index contributed by atoms with van der Waals surface area (Å²) in [6.07, 6.45) is 8.97.